The van der Waals surface area contributed by atoms with E-state index in [4.69, 9.17) is 0 Å². The maximum Gasteiger partial charge on any atom is 0.309 e. The van der Waals surface area contributed by atoms with Crippen molar-refractivity contribution in [3.63, 3.8) is 0 Å². The maximum atomic E-state index is 12.6. The van der Waals surface area contributed by atoms with E-state index in [2.05, 4.69) is 25.9 Å². The standard InChI is InChI=1S/C19H21N7O4S/c1-12-11-13(2)26-19(20-12)21-16(24-26)18(28)23-22-17(27)14-5-7-15(8-6-14)31(29,30)25-9-3-4-10-25/h5-8,11H,3-4,9-10H2,1-2H3,(H,22,27)(H,23,28). The smallest absolute Gasteiger partial charge is 0.267 e. The largest absolute Gasteiger partial charge is 0.309 e. The molecule has 3 aromatic rings. The van der Waals surface area contributed by atoms with Crippen LogP contribution in [0.5, 0.6) is 0 Å². The average Bonchev–Trinajstić information content (AvgIpc) is 3.42. The molecule has 0 saturated carbocycles. The molecule has 0 radical (unpaired) electrons. The Morgan fingerprint density at radius 3 is 2.29 bits per heavy atom. The van der Waals surface area contributed by atoms with Gasteiger partial charge < -0.3 is 0 Å². The van der Waals surface area contributed by atoms with Gasteiger partial charge >= 0.3 is 5.91 Å². The van der Waals surface area contributed by atoms with Crippen LogP contribution in [0.25, 0.3) is 5.78 Å². The summed E-state index contributed by atoms with van der Waals surface area (Å²) in [5, 5.41) is 4.09. The quantitative estimate of drug-likeness (QED) is 0.563. The van der Waals surface area contributed by atoms with Gasteiger partial charge in [-0.05, 0) is 57.0 Å². The highest BCUT2D eigenvalue weighted by Gasteiger charge is 2.27. The lowest BCUT2D eigenvalue weighted by Crippen LogP contribution is -2.42. The molecule has 1 aliphatic rings. The molecule has 2 aromatic heterocycles. The van der Waals surface area contributed by atoms with Crippen LogP contribution in [-0.2, 0) is 10.0 Å². The Balaban J connectivity index is 1.41. The molecule has 0 atom stereocenters. The van der Waals surface area contributed by atoms with Gasteiger partial charge in [0.05, 0.1) is 4.90 Å². The van der Waals surface area contributed by atoms with Gasteiger partial charge in [-0.1, -0.05) is 0 Å². The van der Waals surface area contributed by atoms with Crippen LogP contribution in [0.2, 0.25) is 0 Å². The molecule has 3 heterocycles. The predicted octanol–water partition coefficient (Wildman–Crippen LogP) is 0.600. The first-order chi connectivity index (χ1) is 14.8. The van der Waals surface area contributed by atoms with E-state index >= 15 is 0 Å². The van der Waals surface area contributed by atoms with Crippen molar-refractivity contribution < 1.29 is 18.0 Å². The van der Waals surface area contributed by atoms with E-state index in [1.54, 1.807) is 6.07 Å². The second-order valence-corrected chi connectivity index (χ2v) is 9.17. The van der Waals surface area contributed by atoms with Gasteiger partial charge in [0.15, 0.2) is 0 Å². The predicted molar refractivity (Wildman–Crippen MR) is 110 cm³/mol. The number of benzene rings is 1. The Kier molecular flexibility index (Phi) is 5.41. The summed E-state index contributed by atoms with van der Waals surface area (Å²) in [6, 6.07) is 7.35. The van der Waals surface area contributed by atoms with Crippen LogP contribution in [0.15, 0.2) is 35.2 Å². The van der Waals surface area contributed by atoms with E-state index in [0.717, 1.165) is 24.2 Å². The summed E-state index contributed by atoms with van der Waals surface area (Å²) >= 11 is 0. The minimum absolute atomic E-state index is 0.127. The van der Waals surface area contributed by atoms with Gasteiger partial charge in [0.25, 0.3) is 11.7 Å². The van der Waals surface area contributed by atoms with Crippen LogP contribution in [0.4, 0.5) is 0 Å². The highest BCUT2D eigenvalue weighted by atomic mass is 32.2. The van der Waals surface area contributed by atoms with Gasteiger partial charge in [-0.15, -0.1) is 5.10 Å². The van der Waals surface area contributed by atoms with Crippen molar-refractivity contribution in [2.75, 3.05) is 13.1 Å². The number of carbonyl (C=O) groups is 2. The topological polar surface area (TPSA) is 139 Å². The van der Waals surface area contributed by atoms with Crippen LogP contribution in [0.1, 0.15) is 45.2 Å². The molecule has 2 amide bonds. The molecule has 0 spiro atoms. The van der Waals surface area contributed by atoms with Crippen LogP contribution in [0.3, 0.4) is 0 Å². The van der Waals surface area contributed by atoms with Gasteiger partial charge in [0.2, 0.25) is 15.8 Å². The summed E-state index contributed by atoms with van der Waals surface area (Å²) in [5.74, 6) is -1.17. The lowest BCUT2D eigenvalue weighted by molar-refractivity contribution is 0.0841. The Bertz CT molecular complexity index is 1260. The molecule has 0 aliphatic carbocycles. The normalized spacial score (nSPS) is 14.6. The Hall–Kier alpha value is -3.38. The number of aromatic nitrogens is 4. The first-order valence-electron chi connectivity index (χ1n) is 9.67. The molecule has 0 unspecified atom stereocenters. The van der Waals surface area contributed by atoms with Crippen molar-refractivity contribution in [1.29, 1.82) is 0 Å². The molecular weight excluding hydrogens is 422 g/mol. The van der Waals surface area contributed by atoms with Gasteiger partial charge in [0.1, 0.15) is 0 Å². The number of aryl methyl sites for hydroxylation is 2. The highest BCUT2D eigenvalue weighted by molar-refractivity contribution is 7.89. The van der Waals surface area contributed by atoms with Crippen LogP contribution in [0, 0.1) is 13.8 Å². The number of hydrazine groups is 1. The van der Waals surface area contributed by atoms with Crippen LogP contribution >= 0.6 is 0 Å². The molecule has 12 heteroatoms. The second kappa shape index (κ2) is 8.04. The van der Waals surface area contributed by atoms with Gasteiger partial charge in [-0.2, -0.15) is 9.29 Å². The van der Waals surface area contributed by atoms with E-state index in [1.807, 2.05) is 13.8 Å². The molecule has 1 fully saturated rings. The number of fused-ring (bicyclic) bond motifs is 1. The number of nitrogens with zero attached hydrogens (tertiary/aromatic N) is 5. The first-order valence-corrected chi connectivity index (χ1v) is 11.1. The second-order valence-electron chi connectivity index (χ2n) is 7.23. The summed E-state index contributed by atoms with van der Waals surface area (Å²) in [6.07, 6.45) is 1.69. The minimum atomic E-state index is -3.56. The Morgan fingerprint density at radius 1 is 0.968 bits per heavy atom. The summed E-state index contributed by atoms with van der Waals surface area (Å²) in [4.78, 5) is 33.0. The summed E-state index contributed by atoms with van der Waals surface area (Å²) in [7, 11) is -3.56. The fraction of sp³-hybridized carbons (Fsp3) is 0.316. The van der Waals surface area contributed by atoms with Crippen LogP contribution < -0.4 is 10.9 Å². The molecule has 2 N–H and O–H groups in total. The van der Waals surface area contributed by atoms with Crippen molar-refractivity contribution in [3.05, 3.63) is 53.1 Å². The minimum Gasteiger partial charge on any atom is -0.267 e. The summed E-state index contributed by atoms with van der Waals surface area (Å²) in [6.45, 7) is 4.63. The van der Waals surface area contributed by atoms with E-state index in [1.165, 1.54) is 33.1 Å². The van der Waals surface area contributed by atoms with Gasteiger partial charge in [0, 0.05) is 30.0 Å². The SMILES string of the molecule is Cc1cc(C)n2nc(C(=O)NNC(=O)c3ccc(S(=O)(=O)N4CCCC4)cc3)nc2n1. The highest BCUT2D eigenvalue weighted by Crippen LogP contribution is 2.21. The number of carbonyl (C=O) groups excluding carboxylic acids is 2. The van der Waals surface area contributed by atoms with Crippen LogP contribution in [-0.4, -0.2) is 57.2 Å². The van der Waals surface area contributed by atoms with Crippen molar-refractivity contribution in [2.24, 2.45) is 0 Å². The van der Waals surface area contributed by atoms with E-state index in [0.29, 0.717) is 13.1 Å². The van der Waals surface area contributed by atoms with E-state index < -0.39 is 21.8 Å². The maximum absolute atomic E-state index is 12.6. The zero-order chi connectivity index (χ0) is 22.2. The molecule has 11 nitrogen and oxygen atoms in total. The lowest BCUT2D eigenvalue weighted by atomic mass is 10.2. The van der Waals surface area contributed by atoms with Crippen molar-refractivity contribution in [1.82, 2.24) is 34.7 Å². The number of hydrogen-bond donors (Lipinski definition) is 2. The first kappa shape index (κ1) is 20.9. The number of amides is 2. The average molecular weight is 443 g/mol. The van der Waals surface area contributed by atoms with E-state index in [-0.39, 0.29) is 22.1 Å². The molecule has 1 aromatic carbocycles. The third kappa shape index (κ3) is 4.11. The summed E-state index contributed by atoms with van der Waals surface area (Å²) in [5.41, 5.74) is 6.22. The molecular formula is C19H21N7O4S. The van der Waals surface area contributed by atoms with Crippen molar-refractivity contribution in [2.45, 2.75) is 31.6 Å². The molecule has 4 rings (SSSR count). The molecule has 31 heavy (non-hydrogen) atoms. The molecule has 1 saturated heterocycles. The third-order valence-electron chi connectivity index (χ3n) is 4.93. The monoisotopic (exact) mass is 443 g/mol. The van der Waals surface area contributed by atoms with E-state index in [9.17, 15) is 18.0 Å². The summed E-state index contributed by atoms with van der Waals surface area (Å²) < 4.78 is 28.0. The zero-order valence-electron chi connectivity index (χ0n) is 17.0. The number of rotatable bonds is 4. The molecule has 0 bridgehead atoms. The van der Waals surface area contributed by atoms with Crippen molar-refractivity contribution >= 4 is 27.6 Å². The van der Waals surface area contributed by atoms with Crippen molar-refractivity contribution in [3.8, 4) is 0 Å². The molecule has 1 aliphatic heterocycles. The number of hydrogen-bond acceptors (Lipinski definition) is 7. The fourth-order valence-electron chi connectivity index (χ4n) is 3.36. The third-order valence-corrected chi connectivity index (χ3v) is 6.84. The zero-order valence-corrected chi connectivity index (χ0v) is 17.8. The number of nitrogens with one attached hydrogen (secondary N) is 2. The van der Waals surface area contributed by atoms with Gasteiger partial charge in [-0.25, -0.2) is 17.9 Å². The molecule has 162 valence electrons. The fourth-order valence-corrected chi connectivity index (χ4v) is 4.88. The Morgan fingerprint density at radius 2 is 1.61 bits per heavy atom. The van der Waals surface area contributed by atoms with Gasteiger partial charge in [-0.3, -0.25) is 20.4 Å². The Labute approximate surface area is 178 Å². The lowest BCUT2D eigenvalue weighted by Gasteiger charge is -2.15. The number of sulfonamides is 1.